The molecule has 4 rings (SSSR count). The van der Waals surface area contributed by atoms with Crippen molar-refractivity contribution in [1.29, 1.82) is 0 Å². The van der Waals surface area contributed by atoms with E-state index in [0.717, 1.165) is 28.5 Å². The van der Waals surface area contributed by atoms with E-state index in [0.29, 0.717) is 16.7 Å². The van der Waals surface area contributed by atoms with Gasteiger partial charge in [-0.15, -0.1) is 0 Å². The summed E-state index contributed by atoms with van der Waals surface area (Å²) in [7, 11) is 0. The second-order valence-electron chi connectivity index (χ2n) is 5.82. The third kappa shape index (κ3) is 3.36. The standard InChI is InChI=1S/C21H15Cl2N3/c22-18-12-11-17(13-19(18)23)26-14-24-20(15-7-3-1-4-8-15)25-21(26)16-9-5-2-6-10-16/h1-13H,14H2. The first-order valence-electron chi connectivity index (χ1n) is 8.19. The molecule has 0 bridgehead atoms. The average molecular weight is 380 g/mol. The average Bonchev–Trinajstić information content (AvgIpc) is 2.71. The lowest BCUT2D eigenvalue weighted by Crippen LogP contribution is -2.36. The molecule has 128 valence electrons. The van der Waals surface area contributed by atoms with Gasteiger partial charge in [0, 0.05) is 16.8 Å². The molecule has 0 spiro atoms. The highest BCUT2D eigenvalue weighted by atomic mass is 35.5. The Bertz CT molecular complexity index is 983. The number of rotatable bonds is 3. The van der Waals surface area contributed by atoms with Crippen LogP contribution in [0.25, 0.3) is 0 Å². The van der Waals surface area contributed by atoms with Crippen molar-refractivity contribution >= 4 is 40.6 Å². The summed E-state index contributed by atoms with van der Waals surface area (Å²) in [6, 6.07) is 25.6. The molecule has 3 aromatic rings. The third-order valence-electron chi connectivity index (χ3n) is 4.11. The largest absolute Gasteiger partial charge is 0.306 e. The smallest absolute Gasteiger partial charge is 0.158 e. The van der Waals surface area contributed by atoms with Gasteiger partial charge in [0.25, 0.3) is 0 Å². The minimum Gasteiger partial charge on any atom is -0.306 e. The third-order valence-corrected chi connectivity index (χ3v) is 4.85. The van der Waals surface area contributed by atoms with Crippen LogP contribution in [0.15, 0.2) is 88.8 Å². The van der Waals surface area contributed by atoms with Gasteiger partial charge in [0.05, 0.1) is 10.0 Å². The predicted octanol–water partition coefficient (Wildman–Crippen LogP) is 5.66. The maximum atomic E-state index is 6.22. The quantitative estimate of drug-likeness (QED) is 0.576. The molecule has 0 aliphatic carbocycles. The molecule has 0 atom stereocenters. The SMILES string of the molecule is Clc1ccc(N2CN=C(c3ccccc3)N=C2c2ccccc2)cc1Cl. The minimum atomic E-state index is 0.454. The van der Waals surface area contributed by atoms with Gasteiger partial charge < -0.3 is 4.90 Å². The topological polar surface area (TPSA) is 28.0 Å². The van der Waals surface area contributed by atoms with Gasteiger partial charge in [-0.05, 0) is 18.2 Å². The van der Waals surface area contributed by atoms with Gasteiger partial charge in [-0.3, -0.25) is 0 Å². The van der Waals surface area contributed by atoms with Gasteiger partial charge in [-0.2, -0.15) is 0 Å². The molecule has 0 saturated carbocycles. The molecule has 3 aromatic carbocycles. The maximum Gasteiger partial charge on any atom is 0.158 e. The van der Waals surface area contributed by atoms with Crippen LogP contribution in [0.2, 0.25) is 10.0 Å². The summed E-state index contributed by atoms with van der Waals surface area (Å²) < 4.78 is 0. The highest BCUT2D eigenvalue weighted by Gasteiger charge is 2.21. The van der Waals surface area contributed by atoms with Crippen LogP contribution in [0.1, 0.15) is 11.1 Å². The summed E-state index contributed by atoms with van der Waals surface area (Å²) in [6.45, 7) is 0.454. The first kappa shape index (κ1) is 16.8. The molecule has 1 aliphatic rings. The molecule has 0 N–H and O–H groups in total. The lowest BCUT2D eigenvalue weighted by atomic mass is 10.1. The Morgan fingerprint density at radius 2 is 1.38 bits per heavy atom. The van der Waals surface area contributed by atoms with Crippen LogP contribution in [-0.4, -0.2) is 18.3 Å². The first-order valence-corrected chi connectivity index (χ1v) is 8.94. The number of benzene rings is 3. The zero-order chi connectivity index (χ0) is 17.9. The van der Waals surface area contributed by atoms with E-state index >= 15 is 0 Å². The van der Waals surface area contributed by atoms with E-state index in [1.54, 1.807) is 6.07 Å². The van der Waals surface area contributed by atoms with E-state index in [-0.39, 0.29) is 0 Å². The Hall–Kier alpha value is -2.62. The van der Waals surface area contributed by atoms with Gasteiger partial charge in [0.15, 0.2) is 5.84 Å². The summed E-state index contributed by atoms with van der Waals surface area (Å²) in [5.41, 5.74) is 2.91. The van der Waals surface area contributed by atoms with E-state index in [9.17, 15) is 0 Å². The molecule has 0 unspecified atom stereocenters. The van der Waals surface area contributed by atoms with Crippen LogP contribution in [0.3, 0.4) is 0 Å². The summed E-state index contributed by atoms with van der Waals surface area (Å²) >= 11 is 12.3. The molecule has 0 saturated heterocycles. The summed E-state index contributed by atoms with van der Waals surface area (Å²) in [5.74, 6) is 1.55. The molecule has 3 nitrogen and oxygen atoms in total. The normalized spacial score (nSPS) is 14.0. The second-order valence-corrected chi connectivity index (χ2v) is 6.63. The first-order chi connectivity index (χ1) is 12.7. The van der Waals surface area contributed by atoms with E-state index in [4.69, 9.17) is 28.2 Å². The molecule has 0 radical (unpaired) electrons. The number of hydrogen-bond acceptors (Lipinski definition) is 3. The van der Waals surface area contributed by atoms with Crippen molar-refractivity contribution in [2.24, 2.45) is 9.98 Å². The Labute approximate surface area is 162 Å². The van der Waals surface area contributed by atoms with Crippen LogP contribution in [0, 0.1) is 0 Å². The summed E-state index contributed by atoms with van der Waals surface area (Å²) in [5, 5.41) is 1.04. The maximum absolute atomic E-state index is 6.22. The van der Waals surface area contributed by atoms with Gasteiger partial charge in [-0.1, -0.05) is 83.9 Å². The van der Waals surface area contributed by atoms with Gasteiger partial charge >= 0.3 is 0 Å². The summed E-state index contributed by atoms with van der Waals surface area (Å²) in [6.07, 6.45) is 0. The van der Waals surface area contributed by atoms with Crippen molar-refractivity contribution in [2.45, 2.75) is 0 Å². The number of halogens is 2. The predicted molar refractivity (Wildman–Crippen MR) is 110 cm³/mol. The molecule has 1 aliphatic heterocycles. The van der Waals surface area contributed by atoms with Crippen LogP contribution < -0.4 is 4.90 Å². The van der Waals surface area contributed by atoms with Gasteiger partial charge in [-0.25, -0.2) is 9.98 Å². The Kier molecular flexibility index (Phi) is 4.74. The molecule has 0 amide bonds. The zero-order valence-corrected chi connectivity index (χ0v) is 15.3. The number of aliphatic imine (C=N–C) groups is 2. The fraction of sp³-hybridized carbons (Fsp3) is 0.0476. The molecule has 0 aromatic heterocycles. The minimum absolute atomic E-state index is 0.454. The lowest BCUT2D eigenvalue weighted by Gasteiger charge is -2.28. The lowest BCUT2D eigenvalue weighted by molar-refractivity contribution is 0.985. The molecule has 5 heteroatoms. The molecule has 26 heavy (non-hydrogen) atoms. The number of anilines is 1. The molecular weight excluding hydrogens is 365 g/mol. The number of amidine groups is 2. The van der Waals surface area contributed by atoms with E-state index in [1.165, 1.54) is 0 Å². The highest BCUT2D eigenvalue weighted by molar-refractivity contribution is 6.42. The van der Waals surface area contributed by atoms with Crippen LogP contribution in [0.4, 0.5) is 5.69 Å². The second kappa shape index (κ2) is 7.32. The molecule has 1 heterocycles. The fourth-order valence-electron chi connectivity index (χ4n) is 2.81. The zero-order valence-electron chi connectivity index (χ0n) is 13.8. The van der Waals surface area contributed by atoms with Crippen LogP contribution in [0.5, 0.6) is 0 Å². The number of hydrogen-bond donors (Lipinski definition) is 0. The fourth-order valence-corrected chi connectivity index (χ4v) is 3.10. The van der Waals surface area contributed by atoms with Crippen molar-refractivity contribution in [3.05, 3.63) is 100 Å². The van der Waals surface area contributed by atoms with Gasteiger partial charge in [0.2, 0.25) is 0 Å². The van der Waals surface area contributed by atoms with Crippen molar-refractivity contribution in [3.63, 3.8) is 0 Å². The Balaban J connectivity index is 1.79. The Morgan fingerprint density at radius 1 is 0.731 bits per heavy atom. The van der Waals surface area contributed by atoms with Crippen LogP contribution in [-0.2, 0) is 0 Å². The van der Waals surface area contributed by atoms with Crippen molar-refractivity contribution < 1.29 is 0 Å². The van der Waals surface area contributed by atoms with Gasteiger partial charge in [0.1, 0.15) is 12.5 Å². The molecule has 0 fully saturated rings. The van der Waals surface area contributed by atoms with E-state index in [2.05, 4.69) is 4.99 Å². The van der Waals surface area contributed by atoms with E-state index in [1.807, 2.05) is 77.7 Å². The van der Waals surface area contributed by atoms with Crippen LogP contribution >= 0.6 is 23.2 Å². The Morgan fingerprint density at radius 3 is 2.04 bits per heavy atom. The van der Waals surface area contributed by atoms with Crippen molar-refractivity contribution in [2.75, 3.05) is 11.6 Å². The number of nitrogens with zero attached hydrogens (tertiary/aromatic N) is 3. The summed E-state index contributed by atoms with van der Waals surface area (Å²) in [4.78, 5) is 11.5. The molecular formula is C21H15Cl2N3. The van der Waals surface area contributed by atoms with E-state index < -0.39 is 0 Å². The monoisotopic (exact) mass is 379 g/mol. The van der Waals surface area contributed by atoms with Crippen molar-refractivity contribution in [3.8, 4) is 0 Å². The van der Waals surface area contributed by atoms with Crippen molar-refractivity contribution in [1.82, 2.24) is 0 Å². The highest BCUT2D eigenvalue weighted by Crippen LogP contribution is 2.29.